The van der Waals surface area contributed by atoms with Crippen LogP contribution in [0.2, 0.25) is 0 Å². The quantitative estimate of drug-likeness (QED) is 0.389. The molecule has 0 atom stereocenters. The first-order valence-electron chi connectivity index (χ1n) is 7.61. The van der Waals surface area contributed by atoms with Crippen molar-refractivity contribution in [2.45, 2.75) is 25.9 Å². The fourth-order valence-electron chi connectivity index (χ4n) is 2.46. The van der Waals surface area contributed by atoms with Gasteiger partial charge in [0.15, 0.2) is 16.6 Å². The fraction of sp³-hybridized carbons (Fsp3) is 0.294. The Balaban J connectivity index is 1.65. The lowest BCUT2D eigenvalue weighted by atomic mass is 10.1. The number of benzene rings is 1. The van der Waals surface area contributed by atoms with Crippen LogP contribution in [0.1, 0.15) is 28.8 Å². The van der Waals surface area contributed by atoms with Gasteiger partial charge in [-0.25, -0.2) is 4.98 Å². The van der Waals surface area contributed by atoms with Gasteiger partial charge in [-0.2, -0.15) is 0 Å². The van der Waals surface area contributed by atoms with E-state index in [0.29, 0.717) is 23.7 Å². The largest absolute Gasteiger partial charge is 0.492 e. The van der Waals surface area contributed by atoms with E-state index in [1.165, 1.54) is 6.92 Å². The van der Waals surface area contributed by atoms with Crippen LogP contribution in [0, 0.1) is 13.8 Å². The minimum atomic E-state index is -0.00114. The Labute approximate surface area is 144 Å². The van der Waals surface area contributed by atoms with Gasteiger partial charge >= 0.3 is 0 Å². The number of carbonyl (C=O) groups is 1. The van der Waals surface area contributed by atoms with Gasteiger partial charge < -0.3 is 4.74 Å². The summed E-state index contributed by atoms with van der Waals surface area (Å²) >= 11 is 1.55. The lowest BCUT2D eigenvalue weighted by Crippen LogP contribution is -2.05. The molecule has 0 saturated heterocycles. The molecule has 3 rings (SSSR count). The molecule has 124 valence electrons. The minimum absolute atomic E-state index is 0.00114. The summed E-state index contributed by atoms with van der Waals surface area (Å²) in [5.74, 6) is 2.17. The maximum absolute atomic E-state index is 11.6. The zero-order valence-electron chi connectivity index (χ0n) is 13.8. The van der Waals surface area contributed by atoms with E-state index in [-0.39, 0.29) is 5.78 Å². The van der Waals surface area contributed by atoms with Crippen LogP contribution in [0.5, 0.6) is 5.75 Å². The van der Waals surface area contributed by atoms with Gasteiger partial charge in [-0.05, 0) is 32.9 Å². The summed E-state index contributed by atoms with van der Waals surface area (Å²) < 4.78 is 7.68. The molecule has 0 unspecified atom stereocenters. The molecule has 3 aromatic rings. The first-order valence-corrected chi connectivity index (χ1v) is 8.60. The summed E-state index contributed by atoms with van der Waals surface area (Å²) in [4.78, 5) is 16.0. The summed E-state index contributed by atoms with van der Waals surface area (Å²) in [6, 6.07) is 9.18. The van der Waals surface area contributed by atoms with Gasteiger partial charge in [-0.1, -0.05) is 23.9 Å². The third kappa shape index (κ3) is 3.41. The molecule has 0 amide bonds. The highest BCUT2D eigenvalue weighted by molar-refractivity contribution is 7.99. The van der Waals surface area contributed by atoms with Crippen LogP contribution in [0.25, 0.3) is 5.65 Å². The van der Waals surface area contributed by atoms with Gasteiger partial charge in [0.25, 0.3) is 0 Å². The summed E-state index contributed by atoms with van der Waals surface area (Å²) in [5.41, 5.74) is 2.32. The molecule has 0 spiro atoms. The zero-order chi connectivity index (χ0) is 17.1. The molecule has 2 heterocycles. The Hall–Kier alpha value is -2.41. The van der Waals surface area contributed by atoms with E-state index in [0.717, 1.165) is 22.3 Å². The van der Waals surface area contributed by atoms with Crippen molar-refractivity contribution in [1.82, 2.24) is 19.6 Å². The molecule has 0 aliphatic rings. The number of rotatable bonds is 6. The number of aryl methyl sites for hydroxylation is 2. The van der Waals surface area contributed by atoms with Gasteiger partial charge in [0, 0.05) is 17.5 Å². The average molecular weight is 342 g/mol. The molecule has 0 fully saturated rings. The highest BCUT2D eigenvalue weighted by Crippen LogP contribution is 2.21. The van der Waals surface area contributed by atoms with Crippen molar-refractivity contribution < 1.29 is 9.53 Å². The number of nitrogens with zero attached hydrogens (tertiary/aromatic N) is 4. The molecule has 0 radical (unpaired) electrons. The fourth-order valence-corrected chi connectivity index (χ4v) is 3.27. The second kappa shape index (κ2) is 7.00. The van der Waals surface area contributed by atoms with E-state index in [1.807, 2.05) is 42.5 Å². The standard InChI is InChI=1S/C17H18N4O2S/c1-11-10-16-19-20-17(21(16)13(3)18-11)24-9-8-23-15-7-5-4-6-14(15)12(2)22/h4-7,10H,8-9H2,1-3H3. The minimum Gasteiger partial charge on any atom is -0.492 e. The smallest absolute Gasteiger partial charge is 0.197 e. The summed E-state index contributed by atoms with van der Waals surface area (Å²) in [6.45, 7) is 5.89. The van der Waals surface area contributed by atoms with E-state index in [1.54, 1.807) is 17.8 Å². The van der Waals surface area contributed by atoms with Crippen LogP contribution in [0.15, 0.2) is 35.5 Å². The van der Waals surface area contributed by atoms with Crippen LogP contribution in [-0.2, 0) is 0 Å². The Morgan fingerprint density at radius 1 is 1.25 bits per heavy atom. The predicted molar refractivity (Wildman–Crippen MR) is 92.9 cm³/mol. The molecule has 0 saturated carbocycles. The number of fused-ring (bicyclic) bond motifs is 1. The third-order valence-corrected chi connectivity index (χ3v) is 4.39. The van der Waals surface area contributed by atoms with E-state index in [4.69, 9.17) is 4.74 Å². The van der Waals surface area contributed by atoms with Crippen LogP contribution in [-0.4, -0.2) is 37.7 Å². The lowest BCUT2D eigenvalue weighted by molar-refractivity contribution is 0.101. The first-order chi connectivity index (χ1) is 11.6. The van der Waals surface area contributed by atoms with Gasteiger partial charge in [0.05, 0.1) is 12.2 Å². The third-order valence-electron chi connectivity index (χ3n) is 3.50. The van der Waals surface area contributed by atoms with Crippen LogP contribution in [0.3, 0.4) is 0 Å². The maximum atomic E-state index is 11.6. The molecular weight excluding hydrogens is 324 g/mol. The van der Waals surface area contributed by atoms with Crippen LogP contribution >= 0.6 is 11.8 Å². The Morgan fingerprint density at radius 3 is 2.83 bits per heavy atom. The molecular formula is C17H18N4O2S. The summed E-state index contributed by atoms with van der Waals surface area (Å²) in [5, 5.41) is 9.19. The Bertz CT molecular complexity index is 891. The predicted octanol–water partition coefficient (Wildman–Crippen LogP) is 3.11. The molecule has 7 heteroatoms. The highest BCUT2D eigenvalue weighted by Gasteiger charge is 2.11. The van der Waals surface area contributed by atoms with E-state index >= 15 is 0 Å². The zero-order valence-corrected chi connectivity index (χ0v) is 14.6. The van der Waals surface area contributed by atoms with E-state index in [9.17, 15) is 4.79 Å². The van der Waals surface area contributed by atoms with Crippen molar-refractivity contribution in [2.24, 2.45) is 0 Å². The SMILES string of the molecule is CC(=O)c1ccccc1OCCSc1nnc2cc(C)nc(C)n12. The highest BCUT2D eigenvalue weighted by atomic mass is 32.2. The lowest BCUT2D eigenvalue weighted by Gasteiger charge is -2.09. The summed E-state index contributed by atoms with van der Waals surface area (Å²) in [7, 11) is 0. The molecule has 0 aliphatic heterocycles. The first kappa shape index (κ1) is 16.4. The summed E-state index contributed by atoms with van der Waals surface area (Å²) in [6.07, 6.45) is 0. The van der Waals surface area contributed by atoms with E-state index < -0.39 is 0 Å². The van der Waals surface area contributed by atoms with Crippen molar-refractivity contribution >= 4 is 23.2 Å². The monoisotopic (exact) mass is 342 g/mol. The van der Waals surface area contributed by atoms with Crippen molar-refractivity contribution in [3.05, 3.63) is 47.4 Å². The number of hydrogen-bond donors (Lipinski definition) is 0. The molecule has 1 aromatic carbocycles. The van der Waals surface area contributed by atoms with Crippen molar-refractivity contribution in [3.8, 4) is 5.75 Å². The van der Waals surface area contributed by atoms with Gasteiger partial charge in [0.1, 0.15) is 11.6 Å². The maximum Gasteiger partial charge on any atom is 0.197 e. The number of hydrogen-bond acceptors (Lipinski definition) is 6. The van der Waals surface area contributed by atoms with Crippen molar-refractivity contribution in [2.75, 3.05) is 12.4 Å². The van der Waals surface area contributed by atoms with Gasteiger partial charge in [-0.3, -0.25) is 9.20 Å². The normalized spacial score (nSPS) is 11.0. The number of para-hydroxylation sites is 1. The number of aromatic nitrogens is 4. The molecule has 2 aromatic heterocycles. The number of ether oxygens (including phenoxy) is 1. The topological polar surface area (TPSA) is 69.4 Å². The second-order valence-electron chi connectivity index (χ2n) is 5.37. The average Bonchev–Trinajstić information content (AvgIpc) is 2.95. The number of ketones is 1. The molecule has 6 nitrogen and oxygen atoms in total. The second-order valence-corrected chi connectivity index (χ2v) is 6.43. The molecule has 24 heavy (non-hydrogen) atoms. The van der Waals surface area contributed by atoms with Crippen LogP contribution in [0.4, 0.5) is 0 Å². The van der Waals surface area contributed by atoms with Crippen molar-refractivity contribution in [1.29, 1.82) is 0 Å². The molecule has 0 aliphatic carbocycles. The van der Waals surface area contributed by atoms with E-state index in [2.05, 4.69) is 15.2 Å². The Kier molecular flexibility index (Phi) is 4.80. The van der Waals surface area contributed by atoms with Crippen LogP contribution < -0.4 is 4.74 Å². The molecule has 0 N–H and O–H groups in total. The number of Topliss-reactive ketones (excluding diaryl/α,β-unsaturated/α-hetero) is 1. The van der Waals surface area contributed by atoms with Gasteiger partial charge in [0.2, 0.25) is 0 Å². The molecule has 0 bridgehead atoms. The van der Waals surface area contributed by atoms with Crippen molar-refractivity contribution in [3.63, 3.8) is 0 Å². The number of thioether (sulfide) groups is 1. The van der Waals surface area contributed by atoms with Gasteiger partial charge in [-0.15, -0.1) is 10.2 Å². The number of carbonyl (C=O) groups excluding carboxylic acids is 1. The Morgan fingerprint density at radius 2 is 2.04 bits per heavy atom.